The lowest BCUT2D eigenvalue weighted by atomic mass is 10.2. The molecule has 0 saturated heterocycles. The van der Waals surface area contributed by atoms with Gasteiger partial charge in [-0.25, -0.2) is 4.79 Å². The minimum Gasteiger partial charge on any atom is -0.508 e. The van der Waals surface area contributed by atoms with E-state index in [0.29, 0.717) is 24.5 Å². The van der Waals surface area contributed by atoms with E-state index in [9.17, 15) is 9.90 Å². The van der Waals surface area contributed by atoms with Crippen molar-refractivity contribution in [2.75, 3.05) is 13.7 Å². The Morgan fingerprint density at radius 3 is 2.81 bits per heavy atom. The summed E-state index contributed by atoms with van der Waals surface area (Å²) in [6, 6.07) is 6.65. The Kier molecular flexibility index (Phi) is 4.47. The molecule has 6 heteroatoms. The highest BCUT2D eigenvalue weighted by Crippen LogP contribution is 2.24. The molecule has 0 spiro atoms. The zero-order chi connectivity index (χ0) is 15.4. The summed E-state index contributed by atoms with van der Waals surface area (Å²) in [6.45, 7) is 4.23. The first kappa shape index (κ1) is 14.9. The van der Waals surface area contributed by atoms with Crippen LogP contribution >= 0.6 is 0 Å². The molecule has 6 nitrogen and oxygen atoms in total. The van der Waals surface area contributed by atoms with Gasteiger partial charge in [0.05, 0.1) is 20.3 Å². The van der Waals surface area contributed by atoms with Crippen molar-refractivity contribution in [2.45, 2.75) is 20.4 Å². The number of phenols is 1. The number of hydrogen-bond acceptors (Lipinski definition) is 5. The van der Waals surface area contributed by atoms with E-state index in [2.05, 4.69) is 5.10 Å². The molecule has 21 heavy (non-hydrogen) atoms. The fourth-order valence-corrected chi connectivity index (χ4v) is 1.95. The van der Waals surface area contributed by atoms with E-state index in [1.54, 1.807) is 43.0 Å². The molecule has 112 valence electrons. The normalized spacial score (nSPS) is 10.4. The average Bonchev–Trinajstić information content (AvgIpc) is 2.83. The summed E-state index contributed by atoms with van der Waals surface area (Å²) in [4.78, 5) is 11.7. The Labute approximate surface area is 122 Å². The summed E-state index contributed by atoms with van der Waals surface area (Å²) in [5, 5.41) is 14.1. The van der Waals surface area contributed by atoms with Crippen LogP contribution in [0.25, 0.3) is 0 Å². The fraction of sp³-hybridized carbons (Fsp3) is 0.333. The first-order valence-electron chi connectivity index (χ1n) is 6.62. The highest BCUT2D eigenvalue weighted by Gasteiger charge is 2.14. The first-order chi connectivity index (χ1) is 10.0. The molecule has 0 fully saturated rings. The number of aromatic nitrogens is 2. The highest BCUT2D eigenvalue weighted by atomic mass is 16.5. The predicted octanol–water partition coefficient (Wildman–Crippen LogP) is 2.13. The Bertz CT molecular complexity index is 649. The first-order valence-corrected chi connectivity index (χ1v) is 6.62. The van der Waals surface area contributed by atoms with Gasteiger partial charge >= 0.3 is 5.97 Å². The van der Waals surface area contributed by atoms with E-state index >= 15 is 0 Å². The lowest BCUT2D eigenvalue weighted by molar-refractivity contribution is 0.0518. The van der Waals surface area contributed by atoms with Crippen LogP contribution in [0.4, 0.5) is 0 Å². The van der Waals surface area contributed by atoms with E-state index in [1.807, 2.05) is 6.92 Å². The average molecular weight is 290 g/mol. The van der Waals surface area contributed by atoms with Crippen LogP contribution in [0.5, 0.6) is 11.5 Å². The Morgan fingerprint density at radius 1 is 1.38 bits per heavy atom. The van der Waals surface area contributed by atoms with Gasteiger partial charge < -0.3 is 14.6 Å². The molecule has 0 atom stereocenters. The van der Waals surface area contributed by atoms with Crippen LogP contribution < -0.4 is 4.74 Å². The van der Waals surface area contributed by atoms with Crippen molar-refractivity contribution in [2.24, 2.45) is 0 Å². The van der Waals surface area contributed by atoms with E-state index in [1.165, 1.54) is 0 Å². The third-order valence-corrected chi connectivity index (χ3v) is 3.07. The van der Waals surface area contributed by atoms with Crippen molar-refractivity contribution in [3.63, 3.8) is 0 Å². The number of nitrogens with zero attached hydrogens (tertiary/aromatic N) is 2. The molecule has 2 aromatic rings. The number of benzene rings is 1. The van der Waals surface area contributed by atoms with Gasteiger partial charge in [-0.3, -0.25) is 4.68 Å². The van der Waals surface area contributed by atoms with Gasteiger partial charge in [-0.05, 0) is 38.1 Å². The van der Waals surface area contributed by atoms with Crippen molar-refractivity contribution in [1.82, 2.24) is 9.78 Å². The van der Waals surface area contributed by atoms with E-state index in [4.69, 9.17) is 9.47 Å². The fourth-order valence-electron chi connectivity index (χ4n) is 1.95. The highest BCUT2D eigenvalue weighted by molar-refractivity contribution is 5.87. The number of rotatable bonds is 5. The molecule has 0 bridgehead atoms. The number of carbonyl (C=O) groups is 1. The van der Waals surface area contributed by atoms with E-state index in [0.717, 1.165) is 5.69 Å². The minimum atomic E-state index is -0.450. The Hall–Kier alpha value is -2.50. The molecule has 0 amide bonds. The third kappa shape index (κ3) is 3.34. The summed E-state index contributed by atoms with van der Waals surface area (Å²) >= 11 is 0. The second-order valence-corrected chi connectivity index (χ2v) is 4.54. The standard InChI is InChI=1S/C15H18N2O4/c1-4-21-15(19)13-7-10(2)17(16-13)9-11-8-12(20-3)5-6-14(11)18/h5-8,18H,4,9H2,1-3H3. The molecule has 1 heterocycles. The lowest BCUT2D eigenvalue weighted by Crippen LogP contribution is -2.08. The van der Waals surface area contributed by atoms with Gasteiger partial charge in [0.2, 0.25) is 0 Å². The van der Waals surface area contributed by atoms with Crippen LogP contribution in [0.2, 0.25) is 0 Å². The second-order valence-electron chi connectivity index (χ2n) is 4.54. The van der Waals surface area contributed by atoms with Crippen LogP contribution in [-0.4, -0.2) is 34.6 Å². The van der Waals surface area contributed by atoms with Gasteiger partial charge in [0, 0.05) is 11.3 Å². The Morgan fingerprint density at radius 2 is 2.14 bits per heavy atom. The zero-order valence-electron chi connectivity index (χ0n) is 12.3. The molecule has 2 rings (SSSR count). The number of methoxy groups -OCH3 is 1. The zero-order valence-corrected chi connectivity index (χ0v) is 12.3. The number of aryl methyl sites for hydroxylation is 1. The van der Waals surface area contributed by atoms with Gasteiger partial charge in [-0.2, -0.15) is 5.10 Å². The molecule has 0 saturated carbocycles. The molecular weight excluding hydrogens is 272 g/mol. The van der Waals surface area contributed by atoms with Gasteiger partial charge in [0.1, 0.15) is 11.5 Å². The van der Waals surface area contributed by atoms with E-state index in [-0.39, 0.29) is 11.4 Å². The maximum atomic E-state index is 11.7. The third-order valence-electron chi connectivity index (χ3n) is 3.07. The molecule has 0 aliphatic carbocycles. The maximum Gasteiger partial charge on any atom is 0.358 e. The van der Waals surface area contributed by atoms with Crippen LogP contribution in [0.1, 0.15) is 28.7 Å². The van der Waals surface area contributed by atoms with Crippen LogP contribution in [0.15, 0.2) is 24.3 Å². The van der Waals surface area contributed by atoms with Gasteiger partial charge in [0.25, 0.3) is 0 Å². The van der Waals surface area contributed by atoms with Crippen molar-refractivity contribution in [3.05, 3.63) is 41.2 Å². The molecule has 1 aromatic heterocycles. The number of esters is 1. The van der Waals surface area contributed by atoms with Crippen LogP contribution in [-0.2, 0) is 11.3 Å². The molecule has 0 aliphatic rings. The summed E-state index contributed by atoms with van der Waals surface area (Å²) in [5.41, 5.74) is 1.73. The van der Waals surface area contributed by atoms with Crippen LogP contribution in [0.3, 0.4) is 0 Å². The summed E-state index contributed by atoms with van der Waals surface area (Å²) < 4.78 is 11.7. The van der Waals surface area contributed by atoms with Gasteiger partial charge in [-0.1, -0.05) is 0 Å². The Balaban J connectivity index is 2.26. The second kappa shape index (κ2) is 6.30. The topological polar surface area (TPSA) is 73.6 Å². The maximum absolute atomic E-state index is 11.7. The molecule has 0 radical (unpaired) electrons. The quantitative estimate of drug-likeness (QED) is 0.854. The van der Waals surface area contributed by atoms with E-state index < -0.39 is 5.97 Å². The lowest BCUT2D eigenvalue weighted by Gasteiger charge is -2.08. The molecular formula is C15H18N2O4. The van der Waals surface area contributed by atoms with Gasteiger partial charge in [-0.15, -0.1) is 0 Å². The molecule has 1 N–H and O–H groups in total. The summed E-state index contributed by atoms with van der Waals surface area (Å²) in [7, 11) is 1.56. The number of ether oxygens (including phenoxy) is 2. The molecule has 1 aromatic carbocycles. The number of aromatic hydroxyl groups is 1. The van der Waals surface area contributed by atoms with Gasteiger partial charge in [0.15, 0.2) is 5.69 Å². The summed E-state index contributed by atoms with van der Waals surface area (Å²) in [5.74, 6) is 0.357. The monoisotopic (exact) mass is 290 g/mol. The van der Waals surface area contributed by atoms with Crippen LogP contribution in [0, 0.1) is 6.92 Å². The SMILES string of the molecule is CCOC(=O)c1cc(C)n(Cc2cc(OC)ccc2O)n1. The number of hydrogen-bond donors (Lipinski definition) is 1. The predicted molar refractivity (Wildman–Crippen MR) is 76.7 cm³/mol. The molecule has 0 unspecified atom stereocenters. The largest absolute Gasteiger partial charge is 0.508 e. The summed E-state index contributed by atoms with van der Waals surface area (Å²) in [6.07, 6.45) is 0. The van der Waals surface area contributed by atoms with Crippen molar-refractivity contribution in [1.29, 1.82) is 0 Å². The van der Waals surface area contributed by atoms with Crippen molar-refractivity contribution in [3.8, 4) is 11.5 Å². The molecule has 0 aliphatic heterocycles. The van der Waals surface area contributed by atoms with Crippen molar-refractivity contribution < 1.29 is 19.4 Å². The minimum absolute atomic E-state index is 0.156. The number of carbonyl (C=O) groups excluding carboxylic acids is 1. The smallest absolute Gasteiger partial charge is 0.358 e. The van der Waals surface area contributed by atoms with Crippen molar-refractivity contribution >= 4 is 5.97 Å². The number of phenolic OH excluding ortho intramolecular Hbond substituents is 1.